The zero-order chi connectivity index (χ0) is 22.7. The Bertz CT molecular complexity index is 1250. The molecule has 0 unspecified atom stereocenters. The Hall–Kier alpha value is -3.03. The Balaban J connectivity index is 1.54. The zero-order valence-corrected chi connectivity index (χ0v) is 20.1. The summed E-state index contributed by atoms with van der Waals surface area (Å²) in [4.78, 5) is 28.2. The van der Waals surface area contributed by atoms with Crippen molar-refractivity contribution in [1.29, 1.82) is 0 Å². The highest BCUT2D eigenvalue weighted by atomic mass is 32.2. The van der Waals surface area contributed by atoms with E-state index < -0.39 is 0 Å². The van der Waals surface area contributed by atoms with Gasteiger partial charge < -0.3 is 0 Å². The molecule has 0 aliphatic carbocycles. The van der Waals surface area contributed by atoms with Crippen molar-refractivity contribution in [2.24, 2.45) is 0 Å². The molecule has 162 valence electrons. The monoisotopic (exact) mass is 460 g/mol. The predicted molar refractivity (Wildman–Crippen MR) is 133 cm³/mol. The van der Waals surface area contributed by atoms with E-state index >= 15 is 0 Å². The number of thioether (sulfide) groups is 1. The highest BCUT2D eigenvalue weighted by Gasteiger charge is 2.20. The average molecular weight is 461 g/mol. The summed E-state index contributed by atoms with van der Waals surface area (Å²) in [6.45, 7) is 7.63. The van der Waals surface area contributed by atoms with E-state index in [0.29, 0.717) is 10.9 Å². The first-order valence-corrected chi connectivity index (χ1v) is 12.1. The third-order valence-corrected chi connectivity index (χ3v) is 6.87. The van der Waals surface area contributed by atoms with E-state index in [2.05, 4.69) is 4.98 Å². The molecule has 0 fully saturated rings. The van der Waals surface area contributed by atoms with E-state index in [0.717, 1.165) is 44.6 Å². The summed E-state index contributed by atoms with van der Waals surface area (Å²) in [7, 11) is 0. The number of hydrogen-bond acceptors (Lipinski definition) is 6. The van der Waals surface area contributed by atoms with E-state index in [1.54, 1.807) is 23.6 Å². The third-order valence-electron chi connectivity index (χ3n) is 5.12. The number of hydrogen-bond donors (Lipinski definition) is 0. The first-order valence-electron chi connectivity index (χ1n) is 10.3. The summed E-state index contributed by atoms with van der Waals surface area (Å²) >= 11 is 3.02. The van der Waals surface area contributed by atoms with Gasteiger partial charge in [-0.15, -0.1) is 11.3 Å². The molecule has 4 aromatic rings. The molecule has 2 aromatic carbocycles. The second-order valence-electron chi connectivity index (χ2n) is 7.53. The van der Waals surface area contributed by atoms with E-state index in [1.807, 2.05) is 80.7 Å². The third kappa shape index (κ3) is 4.89. The molecule has 4 rings (SSSR count). The van der Waals surface area contributed by atoms with Crippen molar-refractivity contribution < 1.29 is 4.79 Å². The number of thiazole rings is 1. The number of nitrogens with zero attached hydrogens (tertiary/aromatic N) is 4. The highest BCUT2D eigenvalue weighted by Crippen LogP contribution is 2.33. The lowest BCUT2D eigenvalue weighted by Crippen LogP contribution is -2.23. The quantitative estimate of drug-likeness (QED) is 0.243. The molecule has 7 heteroatoms. The fourth-order valence-electron chi connectivity index (χ4n) is 3.35. The summed E-state index contributed by atoms with van der Waals surface area (Å²) < 4.78 is 0. The highest BCUT2D eigenvalue weighted by molar-refractivity contribution is 7.98. The lowest BCUT2D eigenvalue weighted by atomic mass is 10.1. The van der Waals surface area contributed by atoms with Crippen LogP contribution in [0.15, 0.2) is 65.1 Å². The van der Waals surface area contributed by atoms with Crippen LogP contribution in [0.3, 0.4) is 0 Å². The molecule has 2 aromatic heterocycles. The molecule has 0 bridgehead atoms. The maximum Gasteiger partial charge on any atom is 0.230 e. The van der Waals surface area contributed by atoms with Crippen molar-refractivity contribution in [2.45, 2.75) is 38.6 Å². The number of aryl methyl sites for hydroxylation is 2. The van der Waals surface area contributed by atoms with Gasteiger partial charge in [-0.25, -0.2) is 15.0 Å². The second kappa shape index (κ2) is 9.63. The van der Waals surface area contributed by atoms with E-state index in [-0.39, 0.29) is 5.91 Å². The predicted octanol–water partition coefficient (Wildman–Crippen LogP) is 6.50. The lowest BCUT2D eigenvalue weighted by molar-refractivity contribution is -0.115. The molecule has 1 amide bonds. The fourth-order valence-corrected chi connectivity index (χ4v) is 5.13. The van der Waals surface area contributed by atoms with E-state index in [1.165, 1.54) is 11.3 Å². The Kier molecular flexibility index (Phi) is 6.67. The van der Waals surface area contributed by atoms with Crippen molar-refractivity contribution in [3.8, 4) is 11.3 Å². The van der Waals surface area contributed by atoms with Gasteiger partial charge >= 0.3 is 0 Å². The molecule has 0 aliphatic rings. The molecule has 2 heterocycles. The number of carbonyl (C=O) groups excluding carboxylic acids is 1. The van der Waals surface area contributed by atoms with Gasteiger partial charge in [0.1, 0.15) is 0 Å². The fraction of sp³-hybridized carbons (Fsp3) is 0.200. The Morgan fingerprint density at radius 1 is 1.00 bits per heavy atom. The number of rotatable bonds is 6. The topological polar surface area (TPSA) is 59.0 Å². The maximum atomic E-state index is 12.5. The molecular weight excluding hydrogens is 436 g/mol. The first kappa shape index (κ1) is 22.2. The van der Waals surface area contributed by atoms with Crippen LogP contribution in [0.2, 0.25) is 0 Å². The van der Waals surface area contributed by atoms with Crippen LogP contribution in [0.25, 0.3) is 11.3 Å². The maximum absolute atomic E-state index is 12.5. The zero-order valence-electron chi connectivity index (χ0n) is 18.5. The summed E-state index contributed by atoms with van der Waals surface area (Å²) in [5.41, 5.74) is 6.91. The van der Waals surface area contributed by atoms with Gasteiger partial charge in [-0.05, 0) is 44.0 Å². The number of amides is 1. The van der Waals surface area contributed by atoms with Crippen molar-refractivity contribution in [2.75, 3.05) is 4.90 Å². The first-order chi connectivity index (χ1) is 15.4. The minimum Gasteiger partial charge on any atom is -0.274 e. The molecule has 0 spiro atoms. The molecule has 0 atom stereocenters. The molecule has 0 aliphatic heterocycles. The smallest absolute Gasteiger partial charge is 0.230 e. The largest absolute Gasteiger partial charge is 0.274 e. The summed E-state index contributed by atoms with van der Waals surface area (Å²) in [6, 6.07) is 18.1. The van der Waals surface area contributed by atoms with Crippen LogP contribution >= 0.6 is 23.1 Å². The lowest BCUT2D eigenvalue weighted by Gasteiger charge is -2.21. The van der Waals surface area contributed by atoms with Crippen molar-refractivity contribution in [3.05, 3.63) is 82.5 Å². The van der Waals surface area contributed by atoms with Crippen LogP contribution in [0.5, 0.6) is 0 Å². The van der Waals surface area contributed by atoms with Crippen LogP contribution in [-0.4, -0.2) is 20.9 Å². The van der Waals surface area contributed by atoms with Gasteiger partial charge in [0, 0.05) is 29.3 Å². The van der Waals surface area contributed by atoms with Crippen molar-refractivity contribution in [3.63, 3.8) is 0 Å². The van der Waals surface area contributed by atoms with Gasteiger partial charge in [0.05, 0.1) is 17.1 Å². The second-order valence-corrected chi connectivity index (χ2v) is 9.31. The Morgan fingerprint density at radius 3 is 2.53 bits per heavy atom. The van der Waals surface area contributed by atoms with Crippen LogP contribution in [-0.2, 0) is 10.5 Å². The minimum atomic E-state index is -0.0539. The number of benzene rings is 2. The van der Waals surface area contributed by atoms with Gasteiger partial charge in [0.2, 0.25) is 5.91 Å². The van der Waals surface area contributed by atoms with Gasteiger partial charge in [0.25, 0.3) is 0 Å². The van der Waals surface area contributed by atoms with Crippen molar-refractivity contribution >= 4 is 39.8 Å². The summed E-state index contributed by atoms with van der Waals surface area (Å²) in [5.74, 6) is 0.578. The summed E-state index contributed by atoms with van der Waals surface area (Å²) in [5, 5.41) is 3.39. The molecule has 0 N–H and O–H groups in total. The standard InChI is InChI=1S/C25H24N4OS2/c1-16-9-8-12-23(18(16)3)29(19(4)30)25-27-21(15-32-25)14-31-24-26-17(2)13-22(28-24)20-10-6-5-7-11-20/h5-13,15H,14H2,1-4H3. The molecular formula is C25H24N4OS2. The average Bonchev–Trinajstić information content (AvgIpc) is 3.24. The number of anilines is 2. The number of carbonyl (C=O) groups is 1. The van der Waals surface area contributed by atoms with Gasteiger partial charge in [-0.2, -0.15) is 0 Å². The van der Waals surface area contributed by atoms with Crippen LogP contribution in [0.4, 0.5) is 10.8 Å². The minimum absolute atomic E-state index is 0.0539. The number of aromatic nitrogens is 3. The SMILES string of the molecule is CC(=O)N(c1nc(CSc2nc(C)cc(-c3ccccc3)n2)cs1)c1cccc(C)c1C. The normalized spacial score (nSPS) is 10.9. The van der Waals surface area contributed by atoms with Gasteiger partial charge in [-0.1, -0.05) is 54.2 Å². The van der Waals surface area contributed by atoms with Gasteiger partial charge in [-0.3, -0.25) is 9.69 Å². The van der Waals surface area contributed by atoms with Gasteiger partial charge in [0.15, 0.2) is 10.3 Å². The molecule has 32 heavy (non-hydrogen) atoms. The van der Waals surface area contributed by atoms with Crippen LogP contribution in [0.1, 0.15) is 29.4 Å². The van der Waals surface area contributed by atoms with E-state index in [9.17, 15) is 4.79 Å². The van der Waals surface area contributed by atoms with Crippen LogP contribution < -0.4 is 4.90 Å². The molecule has 0 saturated heterocycles. The molecule has 0 saturated carbocycles. The molecule has 0 radical (unpaired) electrons. The summed E-state index contributed by atoms with van der Waals surface area (Å²) in [6.07, 6.45) is 0. The Labute approximate surface area is 196 Å². The Morgan fingerprint density at radius 2 is 1.78 bits per heavy atom. The molecule has 5 nitrogen and oxygen atoms in total. The van der Waals surface area contributed by atoms with E-state index in [4.69, 9.17) is 9.97 Å². The van der Waals surface area contributed by atoms with Crippen LogP contribution in [0, 0.1) is 20.8 Å². The van der Waals surface area contributed by atoms with Crippen molar-refractivity contribution in [1.82, 2.24) is 15.0 Å².